The maximum atomic E-state index is 6.09. The monoisotopic (exact) mass is 388 g/mol. The second-order valence-electron chi connectivity index (χ2n) is 7.43. The van der Waals surface area contributed by atoms with Gasteiger partial charge in [-0.15, -0.1) is 5.10 Å². The van der Waals surface area contributed by atoms with Crippen molar-refractivity contribution in [2.75, 3.05) is 13.2 Å². The number of fused-ring (bicyclic) bond motifs is 1. The van der Waals surface area contributed by atoms with Gasteiger partial charge in [0.1, 0.15) is 24.4 Å². The van der Waals surface area contributed by atoms with Crippen LogP contribution >= 0.6 is 11.8 Å². The second-order valence-corrected chi connectivity index (χ2v) is 8.70. The van der Waals surface area contributed by atoms with E-state index in [1.807, 2.05) is 22.9 Å². The standard InChI is InChI=1S/C19H24N4O3S/c1-2-6-13(7-3-1)10-24-16-12-26-17-15(11-25-18(16)17)23-19(20-21-22-23)27-14-8-4-5-9-14/h1-3,6-7,14-18H,4-5,8-12H2/t15-,16+,17+,18+/m0/s1. The molecule has 1 aromatic carbocycles. The van der Waals surface area contributed by atoms with Crippen LogP contribution in [0.3, 0.4) is 0 Å². The van der Waals surface area contributed by atoms with Crippen LogP contribution in [-0.4, -0.2) is 57.0 Å². The zero-order valence-electron chi connectivity index (χ0n) is 15.1. The number of rotatable bonds is 6. The third kappa shape index (κ3) is 3.63. The molecule has 0 radical (unpaired) electrons. The fourth-order valence-corrected chi connectivity index (χ4v) is 5.43. The molecule has 3 fully saturated rings. The Kier molecular flexibility index (Phi) is 5.13. The molecule has 2 aliphatic heterocycles. The maximum Gasteiger partial charge on any atom is 0.210 e. The van der Waals surface area contributed by atoms with E-state index in [1.54, 1.807) is 11.8 Å². The smallest absolute Gasteiger partial charge is 0.210 e. The number of hydrogen-bond donors (Lipinski definition) is 0. The average molecular weight is 388 g/mol. The molecule has 7 nitrogen and oxygen atoms in total. The fraction of sp³-hybridized carbons (Fsp3) is 0.632. The van der Waals surface area contributed by atoms with Crippen molar-refractivity contribution < 1.29 is 14.2 Å². The van der Waals surface area contributed by atoms with Crippen LogP contribution in [0.15, 0.2) is 35.5 Å². The summed E-state index contributed by atoms with van der Waals surface area (Å²) in [7, 11) is 0. The van der Waals surface area contributed by atoms with Crippen LogP contribution < -0.4 is 0 Å². The predicted octanol–water partition coefficient (Wildman–Crippen LogP) is 2.63. The second kappa shape index (κ2) is 7.87. The normalized spacial score (nSPS) is 30.8. The Morgan fingerprint density at radius 1 is 1.07 bits per heavy atom. The molecule has 0 spiro atoms. The van der Waals surface area contributed by atoms with Crippen LogP contribution in [0, 0.1) is 0 Å². The highest BCUT2D eigenvalue weighted by atomic mass is 32.2. The van der Waals surface area contributed by atoms with Gasteiger partial charge in [-0.3, -0.25) is 0 Å². The molecule has 3 heterocycles. The molecule has 5 rings (SSSR count). The van der Waals surface area contributed by atoms with Crippen molar-refractivity contribution in [2.24, 2.45) is 0 Å². The lowest BCUT2D eigenvalue weighted by atomic mass is 10.1. The van der Waals surface area contributed by atoms with E-state index >= 15 is 0 Å². The molecule has 3 aliphatic rings. The summed E-state index contributed by atoms with van der Waals surface area (Å²) in [5.74, 6) is 0. The summed E-state index contributed by atoms with van der Waals surface area (Å²) in [6.07, 6.45) is 4.93. The Bertz CT molecular complexity index is 752. The summed E-state index contributed by atoms with van der Waals surface area (Å²) in [6.45, 7) is 1.68. The first-order valence-corrected chi connectivity index (χ1v) is 10.6. The van der Waals surface area contributed by atoms with Crippen LogP contribution in [0.1, 0.15) is 37.3 Å². The van der Waals surface area contributed by atoms with E-state index in [1.165, 1.54) is 25.7 Å². The third-order valence-corrected chi connectivity index (χ3v) is 6.92. The molecule has 27 heavy (non-hydrogen) atoms. The summed E-state index contributed by atoms with van der Waals surface area (Å²) < 4.78 is 20.1. The van der Waals surface area contributed by atoms with Crippen LogP contribution in [-0.2, 0) is 20.8 Å². The largest absolute Gasteiger partial charge is 0.370 e. The van der Waals surface area contributed by atoms with Gasteiger partial charge in [0.25, 0.3) is 0 Å². The fourth-order valence-electron chi connectivity index (χ4n) is 4.20. The highest BCUT2D eigenvalue weighted by molar-refractivity contribution is 7.99. The number of hydrogen-bond acceptors (Lipinski definition) is 7. The first-order chi connectivity index (χ1) is 13.4. The van der Waals surface area contributed by atoms with E-state index in [-0.39, 0.29) is 24.4 Å². The minimum atomic E-state index is -0.0627. The van der Waals surface area contributed by atoms with Crippen molar-refractivity contribution in [3.05, 3.63) is 35.9 Å². The summed E-state index contributed by atoms with van der Waals surface area (Å²) in [6, 6.07) is 10.2. The number of nitrogens with zero attached hydrogens (tertiary/aromatic N) is 4. The van der Waals surface area contributed by atoms with Gasteiger partial charge < -0.3 is 14.2 Å². The molecule has 1 saturated carbocycles. The molecule has 2 saturated heterocycles. The van der Waals surface area contributed by atoms with Crippen LogP contribution in [0.4, 0.5) is 0 Å². The number of thioether (sulfide) groups is 1. The van der Waals surface area contributed by atoms with Gasteiger partial charge in [-0.05, 0) is 28.8 Å². The molecule has 4 atom stereocenters. The van der Waals surface area contributed by atoms with Crippen molar-refractivity contribution in [3.63, 3.8) is 0 Å². The quantitative estimate of drug-likeness (QED) is 0.753. The molecule has 1 aliphatic carbocycles. The lowest BCUT2D eigenvalue weighted by molar-refractivity contribution is -0.0401. The van der Waals surface area contributed by atoms with E-state index in [9.17, 15) is 0 Å². The SMILES string of the molecule is c1ccc(CO[C@@H]2CO[C@H]3[C@@H]2OC[C@@H]3n2nnnc2SC2CCCC2)cc1. The minimum absolute atomic E-state index is 0.0132. The molecule has 0 unspecified atom stereocenters. The van der Waals surface area contributed by atoms with Gasteiger partial charge in [0.15, 0.2) is 0 Å². The molecular weight excluding hydrogens is 364 g/mol. The number of ether oxygens (including phenoxy) is 3. The zero-order chi connectivity index (χ0) is 18.1. The number of aromatic nitrogens is 4. The van der Waals surface area contributed by atoms with Gasteiger partial charge in [-0.2, -0.15) is 0 Å². The van der Waals surface area contributed by atoms with Crippen LogP contribution in [0.2, 0.25) is 0 Å². The average Bonchev–Trinajstić information content (AvgIpc) is 3.47. The van der Waals surface area contributed by atoms with Gasteiger partial charge in [0.05, 0.1) is 19.8 Å². The molecule has 144 valence electrons. The van der Waals surface area contributed by atoms with Crippen molar-refractivity contribution in [2.45, 2.75) is 67.1 Å². The molecule has 0 N–H and O–H groups in total. The van der Waals surface area contributed by atoms with E-state index in [0.717, 1.165) is 10.7 Å². The first-order valence-electron chi connectivity index (χ1n) is 9.72. The molecule has 0 amide bonds. The molecule has 1 aromatic heterocycles. The molecule has 0 bridgehead atoms. The minimum Gasteiger partial charge on any atom is -0.370 e. The Morgan fingerprint density at radius 3 is 2.74 bits per heavy atom. The van der Waals surface area contributed by atoms with E-state index in [2.05, 4.69) is 27.7 Å². The molecule has 2 aromatic rings. The van der Waals surface area contributed by atoms with Gasteiger partial charge in [0, 0.05) is 5.25 Å². The van der Waals surface area contributed by atoms with Crippen molar-refractivity contribution in [1.29, 1.82) is 0 Å². The van der Waals surface area contributed by atoms with Gasteiger partial charge in [-0.1, -0.05) is 54.9 Å². The Hall–Kier alpha value is -1.48. The number of benzene rings is 1. The molecule has 8 heteroatoms. The summed E-state index contributed by atoms with van der Waals surface area (Å²) >= 11 is 1.80. The Morgan fingerprint density at radius 2 is 1.89 bits per heavy atom. The Labute approximate surface area is 162 Å². The van der Waals surface area contributed by atoms with Gasteiger partial charge >= 0.3 is 0 Å². The van der Waals surface area contributed by atoms with E-state index < -0.39 is 0 Å². The van der Waals surface area contributed by atoms with Crippen molar-refractivity contribution in [3.8, 4) is 0 Å². The maximum absolute atomic E-state index is 6.09. The topological polar surface area (TPSA) is 71.3 Å². The van der Waals surface area contributed by atoms with Crippen LogP contribution in [0.25, 0.3) is 0 Å². The lowest BCUT2D eigenvalue weighted by Gasteiger charge is -2.18. The Balaban J connectivity index is 1.23. The zero-order valence-corrected chi connectivity index (χ0v) is 16.0. The van der Waals surface area contributed by atoms with E-state index in [0.29, 0.717) is 25.1 Å². The summed E-state index contributed by atoms with van der Waals surface area (Å²) in [4.78, 5) is 0. The van der Waals surface area contributed by atoms with Gasteiger partial charge in [-0.25, -0.2) is 4.68 Å². The lowest BCUT2D eigenvalue weighted by Crippen LogP contribution is -2.32. The van der Waals surface area contributed by atoms with Crippen molar-refractivity contribution >= 4 is 11.8 Å². The summed E-state index contributed by atoms with van der Waals surface area (Å²) in [5.41, 5.74) is 1.16. The van der Waals surface area contributed by atoms with E-state index in [4.69, 9.17) is 14.2 Å². The van der Waals surface area contributed by atoms with Crippen molar-refractivity contribution in [1.82, 2.24) is 20.2 Å². The molecular formula is C19H24N4O3S. The number of tetrazole rings is 1. The van der Waals surface area contributed by atoms with Crippen LogP contribution in [0.5, 0.6) is 0 Å². The first kappa shape index (κ1) is 17.6. The highest BCUT2D eigenvalue weighted by Crippen LogP contribution is 2.39. The predicted molar refractivity (Wildman–Crippen MR) is 99.5 cm³/mol. The highest BCUT2D eigenvalue weighted by Gasteiger charge is 2.50. The van der Waals surface area contributed by atoms with Gasteiger partial charge in [0.2, 0.25) is 5.16 Å². The third-order valence-electron chi connectivity index (χ3n) is 5.64. The summed E-state index contributed by atoms with van der Waals surface area (Å²) in [5, 5.41) is 13.9.